The van der Waals surface area contributed by atoms with Crippen molar-refractivity contribution in [2.75, 3.05) is 13.2 Å². The molecule has 2 heterocycles. The molecule has 6 nitrogen and oxygen atoms in total. The van der Waals surface area contributed by atoms with Crippen LogP contribution in [0.2, 0.25) is 0 Å². The Labute approximate surface area is 257 Å². The highest BCUT2D eigenvalue weighted by atomic mass is 19.1. The lowest BCUT2D eigenvalue weighted by atomic mass is 9.86. The fraction of sp³-hybridized carbons (Fsp3) is 0.333. The summed E-state index contributed by atoms with van der Waals surface area (Å²) >= 11 is 0. The van der Waals surface area contributed by atoms with Gasteiger partial charge in [-0.3, -0.25) is 9.78 Å². The van der Waals surface area contributed by atoms with Crippen molar-refractivity contribution in [1.29, 1.82) is 0 Å². The summed E-state index contributed by atoms with van der Waals surface area (Å²) in [7, 11) is 0. The molecule has 0 radical (unpaired) electrons. The first-order valence-corrected chi connectivity index (χ1v) is 14.7. The van der Waals surface area contributed by atoms with Crippen LogP contribution in [0, 0.1) is 25.5 Å². The Balaban J connectivity index is 0.000000818. The molecule has 0 saturated heterocycles. The number of halogens is 2. The number of ether oxygens (including phenoxy) is 2. The molecule has 5 rings (SSSR count). The quantitative estimate of drug-likeness (QED) is 0.215. The third-order valence-corrected chi connectivity index (χ3v) is 6.98. The third kappa shape index (κ3) is 8.63. The van der Waals surface area contributed by atoms with Crippen LogP contribution in [0.25, 0.3) is 22.3 Å². The van der Waals surface area contributed by atoms with Gasteiger partial charge in [0.05, 0.1) is 25.2 Å². The van der Waals surface area contributed by atoms with Crippen LogP contribution >= 0.6 is 0 Å². The molecule has 0 spiro atoms. The summed E-state index contributed by atoms with van der Waals surface area (Å²) in [6.45, 7) is 9.80. The van der Waals surface area contributed by atoms with Crippen LogP contribution in [-0.4, -0.2) is 40.0 Å². The number of aliphatic hydroxyl groups is 1. The third-order valence-electron chi connectivity index (χ3n) is 6.98. The lowest BCUT2D eigenvalue weighted by Crippen LogP contribution is -2.12. The van der Waals surface area contributed by atoms with Crippen LogP contribution in [0.1, 0.15) is 55.3 Å². The maximum absolute atomic E-state index is 15.2. The zero-order valence-corrected chi connectivity index (χ0v) is 25.8. The van der Waals surface area contributed by atoms with Crippen LogP contribution in [0.3, 0.4) is 0 Å². The summed E-state index contributed by atoms with van der Waals surface area (Å²) in [5.41, 5.74) is 5.98. The summed E-state index contributed by atoms with van der Waals surface area (Å²) in [5, 5.41) is 18.2. The second-order valence-corrected chi connectivity index (χ2v) is 11.9. The first-order chi connectivity index (χ1) is 20.8. The molecule has 1 aliphatic rings. The molecular formula is C36H39F2NO5. The highest BCUT2D eigenvalue weighted by Crippen LogP contribution is 2.42. The Hall–Kier alpha value is -4.30. The number of fused-ring (bicyclic) bond motifs is 1. The van der Waals surface area contributed by atoms with Gasteiger partial charge in [-0.05, 0) is 117 Å². The monoisotopic (exact) mass is 603 g/mol. The van der Waals surface area contributed by atoms with Crippen molar-refractivity contribution in [1.82, 2.24) is 4.98 Å². The maximum atomic E-state index is 15.2. The Bertz CT molecular complexity index is 1600. The van der Waals surface area contributed by atoms with Crippen molar-refractivity contribution in [3.63, 3.8) is 0 Å². The Morgan fingerprint density at radius 1 is 0.955 bits per heavy atom. The summed E-state index contributed by atoms with van der Waals surface area (Å²) in [6, 6.07) is 17.2. The van der Waals surface area contributed by atoms with E-state index in [1.807, 2.05) is 37.3 Å². The number of aromatic nitrogens is 1. The number of carboxylic acids is 1. The molecule has 0 fully saturated rings. The molecule has 1 aromatic heterocycles. The lowest BCUT2D eigenvalue weighted by Gasteiger charge is -2.22. The second-order valence-electron chi connectivity index (χ2n) is 11.9. The van der Waals surface area contributed by atoms with E-state index in [0.29, 0.717) is 54.2 Å². The summed E-state index contributed by atoms with van der Waals surface area (Å²) in [5.74, 6) is -0.763. The van der Waals surface area contributed by atoms with Crippen molar-refractivity contribution >= 4 is 5.97 Å². The summed E-state index contributed by atoms with van der Waals surface area (Å²) in [4.78, 5) is 16.5. The van der Waals surface area contributed by atoms with E-state index in [4.69, 9.17) is 14.6 Å². The lowest BCUT2D eigenvalue weighted by molar-refractivity contribution is -0.136. The van der Waals surface area contributed by atoms with Gasteiger partial charge >= 0.3 is 5.97 Å². The van der Waals surface area contributed by atoms with Crippen molar-refractivity contribution in [3.05, 3.63) is 100 Å². The largest absolute Gasteiger partial charge is 0.493 e. The van der Waals surface area contributed by atoms with E-state index in [1.54, 1.807) is 39.8 Å². The van der Waals surface area contributed by atoms with Crippen molar-refractivity contribution in [3.8, 4) is 33.8 Å². The second kappa shape index (κ2) is 14.0. The number of rotatable bonds is 8. The maximum Gasteiger partial charge on any atom is 0.307 e. The molecular weight excluding hydrogens is 564 g/mol. The van der Waals surface area contributed by atoms with E-state index in [0.717, 1.165) is 34.4 Å². The Morgan fingerprint density at radius 2 is 1.61 bits per heavy atom. The van der Waals surface area contributed by atoms with Crippen molar-refractivity contribution < 1.29 is 33.3 Å². The molecule has 0 aliphatic carbocycles. The average molecular weight is 604 g/mol. The fourth-order valence-electron chi connectivity index (χ4n) is 5.16. The smallest absolute Gasteiger partial charge is 0.307 e. The highest BCUT2D eigenvalue weighted by molar-refractivity contribution is 5.90. The van der Waals surface area contributed by atoms with Gasteiger partial charge < -0.3 is 19.7 Å². The molecule has 8 heteroatoms. The summed E-state index contributed by atoms with van der Waals surface area (Å²) < 4.78 is 39.8. The predicted octanol–water partition coefficient (Wildman–Crippen LogP) is 7.66. The number of pyridine rings is 1. The molecule has 4 aromatic rings. The van der Waals surface area contributed by atoms with E-state index < -0.39 is 17.4 Å². The zero-order valence-electron chi connectivity index (χ0n) is 25.8. The van der Waals surface area contributed by atoms with Crippen molar-refractivity contribution in [2.24, 2.45) is 0 Å². The van der Waals surface area contributed by atoms with Gasteiger partial charge in [-0.25, -0.2) is 8.78 Å². The van der Waals surface area contributed by atoms with Gasteiger partial charge in [0.25, 0.3) is 0 Å². The van der Waals surface area contributed by atoms with E-state index >= 15 is 4.39 Å². The zero-order chi connectivity index (χ0) is 32.0. The first kappa shape index (κ1) is 32.6. The number of hydrogen-bond donors (Lipinski definition) is 2. The predicted molar refractivity (Wildman–Crippen MR) is 167 cm³/mol. The molecule has 0 amide bonds. The van der Waals surface area contributed by atoms with Crippen LogP contribution in [0.4, 0.5) is 8.78 Å². The molecule has 0 unspecified atom stereocenters. The van der Waals surface area contributed by atoms with Gasteiger partial charge in [0.1, 0.15) is 11.6 Å². The first-order valence-electron chi connectivity index (χ1n) is 14.7. The SMILES string of the molecule is CC(C)(C)O.Cc1nc(C)c(-c2ccc(OCCc3ccc(F)cc3)cc2)c(-c2cc(F)c3c(c2)CCCO3)c1CC(=O)O. The number of aryl methyl sites for hydroxylation is 3. The Kier molecular flexibility index (Phi) is 10.4. The number of hydrogen-bond acceptors (Lipinski definition) is 5. The fourth-order valence-corrected chi connectivity index (χ4v) is 5.16. The molecule has 0 bridgehead atoms. The van der Waals surface area contributed by atoms with Gasteiger partial charge in [-0.1, -0.05) is 24.3 Å². The standard InChI is InChI=1S/C32H29F2NO4.C4H10O/c1-19-27(18-29(36)37)31(24-16-23-4-3-14-39-32(23)28(34)17-24)30(20(2)35-19)22-7-11-26(12-8-22)38-15-13-21-5-9-25(33)10-6-21;1-4(2,3)5/h5-12,16-17H,3-4,13-15,18H2,1-2H3,(H,36,37);5H,1-3H3. The van der Waals surface area contributed by atoms with Gasteiger partial charge in [0.2, 0.25) is 0 Å². The molecule has 44 heavy (non-hydrogen) atoms. The number of benzene rings is 3. The number of carboxylic acid groups (broad SMARTS) is 1. The van der Waals surface area contributed by atoms with Gasteiger partial charge in [0.15, 0.2) is 11.6 Å². The number of nitrogens with zero attached hydrogens (tertiary/aromatic N) is 1. The normalized spacial score (nSPS) is 12.5. The molecule has 1 aliphatic heterocycles. The number of carbonyl (C=O) groups is 1. The van der Waals surface area contributed by atoms with E-state index in [2.05, 4.69) is 4.98 Å². The van der Waals surface area contributed by atoms with Gasteiger partial charge in [-0.15, -0.1) is 0 Å². The van der Waals surface area contributed by atoms with Crippen LogP contribution in [-0.2, 0) is 24.1 Å². The molecule has 232 valence electrons. The topological polar surface area (TPSA) is 88.9 Å². The molecule has 0 atom stereocenters. The minimum atomic E-state index is -0.984. The van der Waals surface area contributed by atoms with E-state index in [-0.39, 0.29) is 18.0 Å². The van der Waals surface area contributed by atoms with Crippen molar-refractivity contribution in [2.45, 2.75) is 65.9 Å². The molecule has 0 saturated carbocycles. The van der Waals surface area contributed by atoms with Crippen LogP contribution in [0.5, 0.6) is 11.5 Å². The average Bonchev–Trinajstić information content (AvgIpc) is 2.95. The summed E-state index contributed by atoms with van der Waals surface area (Å²) in [6.07, 6.45) is 1.89. The molecule has 2 N–H and O–H groups in total. The van der Waals surface area contributed by atoms with Crippen LogP contribution in [0.15, 0.2) is 60.7 Å². The minimum absolute atomic E-state index is 0.235. The molecule has 3 aromatic carbocycles. The van der Waals surface area contributed by atoms with Gasteiger partial charge in [-0.2, -0.15) is 0 Å². The Morgan fingerprint density at radius 3 is 2.25 bits per heavy atom. The highest BCUT2D eigenvalue weighted by Gasteiger charge is 2.24. The van der Waals surface area contributed by atoms with E-state index in [1.165, 1.54) is 18.2 Å². The number of aliphatic carboxylic acids is 1. The minimum Gasteiger partial charge on any atom is -0.493 e. The van der Waals surface area contributed by atoms with Crippen LogP contribution < -0.4 is 9.47 Å². The van der Waals surface area contributed by atoms with Gasteiger partial charge in [0, 0.05) is 23.4 Å². The van der Waals surface area contributed by atoms with E-state index in [9.17, 15) is 14.3 Å².